The van der Waals surface area contributed by atoms with Crippen LogP contribution in [0, 0.1) is 0 Å². The summed E-state index contributed by atoms with van der Waals surface area (Å²) in [5, 5.41) is 2.72. The minimum absolute atomic E-state index is 0.144. The van der Waals surface area contributed by atoms with Crippen molar-refractivity contribution in [1.82, 2.24) is 5.32 Å². The molecule has 2 unspecified atom stereocenters. The van der Waals surface area contributed by atoms with Gasteiger partial charge in [0, 0.05) is 12.3 Å². The van der Waals surface area contributed by atoms with Gasteiger partial charge in [-0.15, -0.1) is 6.58 Å². The molecule has 0 aromatic carbocycles. The zero-order chi connectivity index (χ0) is 10.5. The first-order valence-electron chi connectivity index (χ1n) is 4.48. The maximum atomic E-state index is 11.2. The van der Waals surface area contributed by atoms with Crippen LogP contribution >= 0.6 is 0 Å². The second-order valence-corrected chi connectivity index (χ2v) is 5.65. The molecule has 0 rings (SSSR count). The van der Waals surface area contributed by atoms with Crippen LogP contribution in [0.2, 0.25) is 0 Å². The van der Waals surface area contributed by atoms with Gasteiger partial charge in [0.25, 0.3) is 0 Å². The van der Waals surface area contributed by atoms with Crippen LogP contribution in [0.15, 0.2) is 12.7 Å². The molecule has 1 N–H and O–H groups in total. The molecule has 4 heteroatoms. The van der Waals surface area contributed by atoms with Crippen LogP contribution in [0.1, 0.15) is 20.3 Å². The van der Waals surface area contributed by atoms with Crippen LogP contribution in [0.3, 0.4) is 0 Å². The van der Waals surface area contributed by atoms with Gasteiger partial charge in [0.2, 0.25) is 0 Å². The lowest BCUT2D eigenvalue weighted by atomic mass is 10.2. The van der Waals surface area contributed by atoms with E-state index in [4.69, 9.17) is 0 Å². The van der Waals surface area contributed by atoms with Gasteiger partial charge in [0.05, 0.1) is 5.25 Å². The molecule has 0 saturated heterocycles. The Morgan fingerprint density at radius 1 is 1.54 bits per heavy atom. The van der Waals surface area contributed by atoms with E-state index in [-0.39, 0.29) is 6.04 Å². The number of nitrogens with one attached hydrogen (secondary N) is 1. The van der Waals surface area contributed by atoms with Gasteiger partial charge in [-0.1, -0.05) is 13.0 Å². The molecule has 0 aliphatic rings. The van der Waals surface area contributed by atoms with E-state index in [1.807, 2.05) is 6.92 Å². The van der Waals surface area contributed by atoms with Crippen LogP contribution in [0.4, 0.5) is 0 Å². The van der Waals surface area contributed by atoms with Crippen molar-refractivity contribution in [2.75, 3.05) is 12.8 Å². The van der Waals surface area contributed by atoms with E-state index in [1.54, 1.807) is 13.0 Å². The molecular formula is C9H19NO2S. The average Bonchev–Trinajstić information content (AvgIpc) is 2.04. The summed E-state index contributed by atoms with van der Waals surface area (Å²) < 4.78 is 22.4. The molecule has 0 spiro atoms. The van der Waals surface area contributed by atoms with Crippen molar-refractivity contribution in [2.45, 2.75) is 31.6 Å². The molecule has 0 aliphatic carbocycles. The van der Waals surface area contributed by atoms with Crippen LogP contribution < -0.4 is 5.32 Å². The normalized spacial score (nSPS) is 16.5. The molecule has 0 heterocycles. The molecule has 0 bridgehead atoms. The third-order valence-electron chi connectivity index (χ3n) is 2.07. The van der Waals surface area contributed by atoms with Crippen molar-refractivity contribution in [1.29, 1.82) is 0 Å². The fourth-order valence-corrected chi connectivity index (χ4v) is 1.76. The highest BCUT2D eigenvalue weighted by Crippen LogP contribution is 2.05. The van der Waals surface area contributed by atoms with Crippen molar-refractivity contribution >= 4 is 9.84 Å². The first kappa shape index (κ1) is 12.7. The van der Waals surface area contributed by atoms with E-state index in [9.17, 15) is 8.42 Å². The first-order chi connectivity index (χ1) is 5.93. The van der Waals surface area contributed by atoms with Gasteiger partial charge in [0.15, 0.2) is 9.84 Å². The van der Waals surface area contributed by atoms with Crippen LogP contribution in [-0.4, -0.2) is 32.5 Å². The third-order valence-corrected chi connectivity index (χ3v) is 3.71. The SMILES string of the molecule is C=CC(NCCC)C(C)S(C)(=O)=O. The molecule has 78 valence electrons. The lowest BCUT2D eigenvalue weighted by molar-refractivity contribution is 0.540. The van der Waals surface area contributed by atoms with Gasteiger partial charge < -0.3 is 5.32 Å². The lowest BCUT2D eigenvalue weighted by Gasteiger charge is -2.20. The maximum absolute atomic E-state index is 11.2. The summed E-state index contributed by atoms with van der Waals surface area (Å²) in [7, 11) is -2.98. The van der Waals surface area contributed by atoms with Crippen molar-refractivity contribution in [3.63, 3.8) is 0 Å². The van der Waals surface area contributed by atoms with Crippen LogP contribution in [-0.2, 0) is 9.84 Å². The highest BCUT2D eigenvalue weighted by atomic mass is 32.2. The monoisotopic (exact) mass is 205 g/mol. The topological polar surface area (TPSA) is 46.2 Å². The highest BCUT2D eigenvalue weighted by molar-refractivity contribution is 7.91. The Morgan fingerprint density at radius 2 is 2.08 bits per heavy atom. The summed E-state index contributed by atoms with van der Waals surface area (Å²) >= 11 is 0. The van der Waals surface area contributed by atoms with Crippen LogP contribution in [0.25, 0.3) is 0 Å². The van der Waals surface area contributed by atoms with E-state index in [0.717, 1.165) is 13.0 Å². The molecule has 2 atom stereocenters. The summed E-state index contributed by atoms with van der Waals surface area (Å²) in [4.78, 5) is 0. The Kier molecular flexibility index (Phi) is 5.25. The molecule has 3 nitrogen and oxygen atoms in total. The number of sulfone groups is 1. The Hall–Kier alpha value is -0.350. The quantitative estimate of drug-likeness (QED) is 0.657. The Labute approximate surface area is 81.1 Å². The summed E-state index contributed by atoms with van der Waals surface area (Å²) in [6.07, 6.45) is 3.89. The minimum Gasteiger partial charge on any atom is -0.309 e. The summed E-state index contributed by atoms with van der Waals surface area (Å²) in [5.74, 6) is 0. The van der Waals surface area contributed by atoms with E-state index < -0.39 is 15.1 Å². The van der Waals surface area contributed by atoms with E-state index in [0.29, 0.717) is 0 Å². The smallest absolute Gasteiger partial charge is 0.151 e. The van der Waals surface area contributed by atoms with Gasteiger partial charge in [-0.3, -0.25) is 0 Å². The molecule has 0 aliphatic heterocycles. The molecule has 0 fully saturated rings. The maximum Gasteiger partial charge on any atom is 0.151 e. The number of hydrogen-bond acceptors (Lipinski definition) is 3. The van der Waals surface area contributed by atoms with Gasteiger partial charge in [0.1, 0.15) is 0 Å². The van der Waals surface area contributed by atoms with Crippen molar-refractivity contribution < 1.29 is 8.42 Å². The Balaban J connectivity index is 4.32. The first-order valence-corrected chi connectivity index (χ1v) is 6.43. The van der Waals surface area contributed by atoms with Gasteiger partial charge in [-0.25, -0.2) is 8.42 Å². The fraction of sp³-hybridized carbons (Fsp3) is 0.778. The summed E-state index contributed by atoms with van der Waals surface area (Å²) in [6, 6.07) is -0.144. The van der Waals surface area contributed by atoms with Crippen molar-refractivity contribution in [3.05, 3.63) is 12.7 Å². The van der Waals surface area contributed by atoms with E-state index in [2.05, 4.69) is 11.9 Å². The van der Waals surface area contributed by atoms with E-state index in [1.165, 1.54) is 6.26 Å². The predicted molar refractivity (Wildman–Crippen MR) is 56.6 cm³/mol. The summed E-state index contributed by atoms with van der Waals surface area (Å²) in [6.45, 7) is 8.18. The molecule has 0 radical (unpaired) electrons. The molecular weight excluding hydrogens is 186 g/mol. The predicted octanol–water partition coefficient (Wildman–Crippen LogP) is 0.974. The molecule has 0 saturated carbocycles. The third kappa shape index (κ3) is 4.43. The largest absolute Gasteiger partial charge is 0.309 e. The van der Waals surface area contributed by atoms with Gasteiger partial charge in [-0.2, -0.15) is 0 Å². The molecule has 13 heavy (non-hydrogen) atoms. The number of rotatable bonds is 6. The average molecular weight is 205 g/mol. The van der Waals surface area contributed by atoms with Crippen molar-refractivity contribution in [3.8, 4) is 0 Å². The second kappa shape index (κ2) is 5.40. The molecule has 0 aromatic rings. The molecule has 0 amide bonds. The summed E-state index contributed by atoms with van der Waals surface area (Å²) in [5.41, 5.74) is 0. The Morgan fingerprint density at radius 3 is 2.38 bits per heavy atom. The van der Waals surface area contributed by atoms with Gasteiger partial charge in [-0.05, 0) is 19.9 Å². The Bertz CT molecular complexity index is 246. The van der Waals surface area contributed by atoms with Gasteiger partial charge >= 0.3 is 0 Å². The fourth-order valence-electron chi connectivity index (χ4n) is 1.02. The zero-order valence-corrected chi connectivity index (χ0v) is 9.39. The number of hydrogen-bond donors (Lipinski definition) is 1. The van der Waals surface area contributed by atoms with Crippen LogP contribution in [0.5, 0.6) is 0 Å². The standard InChI is InChI=1S/C9H19NO2S/c1-5-7-10-9(6-2)8(3)13(4,11)12/h6,8-10H,2,5,7H2,1,3-4H3. The minimum atomic E-state index is -2.98. The molecule has 0 aromatic heterocycles. The van der Waals surface area contributed by atoms with Crippen molar-refractivity contribution in [2.24, 2.45) is 0 Å². The highest BCUT2D eigenvalue weighted by Gasteiger charge is 2.22. The second-order valence-electron chi connectivity index (χ2n) is 3.25. The lowest BCUT2D eigenvalue weighted by Crippen LogP contribution is -2.40. The zero-order valence-electron chi connectivity index (χ0n) is 8.58. The van der Waals surface area contributed by atoms with E-state index >= 15 is 0 Å².